The van der Waals surface area contributed by atoms with Crippen LogP contribution in [0.3, 0.4) is 0 Å². The number of nitrogens with zero attached hydrogens (tertiary/aromatic N) is 3. The fourth-order valence-corrected chi connectivity index (χ4v) is 9.90. The van der Waals surface area contributed by atoms with Gasteiger partial charge in [-0.15, -0.1) is 0 Å². The lowest BCUT2D eigenvalue weighted by Gasteiger charge is -2.47. The molecule has 2 aliphatic heterocycles. The van der Waals surface area contributed by atoms with E-state index in [0.717, 1.165) is 24.8 Å². The lowest BCUT2D eigenvalue weighted by molar-refractivity contribution is -0.156. The van der Waals surface area contributed by atoms with Gasteiger partial charge in [-0.3, -0.25) is 24.0 Å². The first kappa shape index (κ1) is 44.9. The zero-order chi connectivity index (χ0) is 44.2. The van der Waals surface area contributed by atoms with Gasteiger partial charge < -0.3 is 24.8 Å². The van der Waals surface area contributed by atoms with Crippen LogP contribution in [0.4, 0.5) is 22.4 Å². The number of aromatic nitrogens is 1. The van der Waals surface area contributed by atoms with Crippen LogP contribution in [0.5, 0.6) is 11.6 Å². The Hall–Kier alpha value is -4.68. The number of rotatable bonds is 11. The van der Waals surface area contributed by atoms with E-state index < -0.39 is 98.1 Å². The molecule has 3 N–H and O–H groups in total. The van der Waals surface area contributed by atoms with Gasteiger partial charge in [0.2, 0.25) is 27.7 Å². The van der Waals surface area contributed by atoms with E-state index in [2.05, 4.69) is 10.3 Å². The number of ether oxygens (including phenoxy) is 2. The van der Waals surface area contributed by atoms with Gasteiger partial charge in [0, 0.05) is 30.8 Å². The third-order valence-corrected chi connectivity index (χ3v) is 14.9. The van der Waals surface area contributed by atoms with Crippen LogP contribution < -0.4 is 19.5 Å². The second-order valence-electron chi connectivity index (χ2n) is 17.4. The van der Waals surface area contributed by atoms with Crippen molar-refractivity contribution in [3.63, 3.8) is 0 Å². The van der Waals surface area contributed by atoms with Gasteiger partial charge in [-0.1, -0.05) is 26.0 Å². The SMILES string of the molecule is CCOc1cc2ccnc(O[C@@H]3C[C@H]4C(=O)N[C@]5(C(=O)NS(=O)(=O)C6(CF)CC6)C[C@H]5C=CCC[C@@H](C)C[C@@H](C)[C@H](N(C(=O)O)C(C)(C)C(C)(F)F)C(=O)N4C3)c2cc1F. The molecule has 2 aliphatic carbocycles. The van der Waals surface area contributed by atoms with Crippen LogP contribution in [0.25, 0.3) is 10.8 Å². The summed E-state index contributed by atoms with van der Waals surface area (Å²) in [6.45, 7) is 6.36. The van der Waals surface area contributed by atoms with Crippen molar-refractivity contribution in [3.8, 4) is 11.6 Å². The summed E-state index contributed by atoms with van der Waals surface area (Å²) in [6, 6.07) is 0.971. The number of nitrogens with one attached hydrogen (secondary N) is 2. The van der Waals surface area contributed by atoms with E-state index in [1.54, 1.807) is 32.1 Å². The number of carbonyl (C=O) groups is 4. The van der Waals surface area contributed by atoms with Crippen LogP contribution >= 0.6 is 0 Å². The molecule has 4 amide bonds. The Morgan fingerprint density at radius 1 is 1.15 bits per heavy atom. The van der Waals surface area contributed by atoms with Gasteiger partial charge in [0.25, 0.3) is 11.8 Å². The fourth-order valence-electron chi connectivity index (χ4n) is 8.48. The summed E-state index contributed by atoms with van der Waals surface area (Å²) in [5.41, 5.74) is -4.26. The molecule has 4 aliphatic rings. The monoisotopic (exact) mass is 867 g/mol. The fraction of sp³-hybridized carbons (Fsp3) is 0.634. The van der Waals surface area contributed by atoms with Crippen LogP contribution in [0.2, 0.25) is 0 Å². The van der Waals surface area contributed by atoms with Gasteiger partial charge in [0.1, 0.15) is 40.7 Å². The normalized spacial score (nSPS) is 28.4. The quantitative estimate of drug-likeness (QED) is 0.186. The molecular formula is C41H53F4N5O9S. The first-order valence-corrected chi connectivity index (χ1v) is 21.7. The first-order chi connectivity index (χ1) is 28.0. The first-order valence-electron chi connectivity index (χ1n) is 20.2. The predicted molar refractivity (Wildman–Crippen MR) is 211 cm³/mol. The van der Waals surface area contributed by atoms with Gasteiger partial charge in [-0.05, 0) is 94.7 Å². The summed E-state index contributed by atoms with van der Waals surface area (Å²) < 4.78 is 98.0. The van der Waals surface area contributed by atoms with Crippen molar-refractivity contribution < 1.29 is 59.7 Å². The number of pyridine rings is 1. The molecule has 2 saturated carbocycles. The number of benzene rings is 1. The van der Waals surface area contributed by atoms with Crippen LogP contribution in [-0.2, 0) is 24.4 Å². The molecule has 2 aromatic rings. The maximum Gasteiger partial charge on any atom is 0.408 e. The highest BCUT2D eigenvalue weighted by molar-refractivity contribution is 7.91. The zero-order valence-corrected chi connectivity index (χ0v) is 35.3. The second kappa shape index (κ2) is 16.3. The third-order valence-electron chi connectivity index (χ3n) is 12.7. The Morgan fingerprint density at radius 2 is 1.85 bits per heavy atom. The van der Waals surface area contributed by atoms with Crippen LogP contribution in [-0.4, -0.2) is 112 Å². The molecule has 330 valence electrons. The summed E-state index contributed by atoms with van der Waals surface area (Å²) in [5, 5.41) is 14.0. The van der Waals surface area contributed by atoms with E-state index in [4.69, 9.17) is 9.47 Å². The molecule has 19 heteroatoms. The van der Waals surface area contributed by atoms with Crippen LogP contribution in [0.1, 0.15) is 86.5 Å². The molecule has 14 nitrogen and oxygen atoms in total. The molecule has 7 atom stereocenters. The van der Waals surface area contributed by atoms with E-state index in [-0.39, 0.29) is 68.2 Å². The largest absolute Gasteiger partial charge is 0.491 e. The molecule has 60 heavy (non-hydrogen) atoms. The summed E-state index contributed by atoms with van der Waals surface area (Å²) >= 11 is 0. The Morgan fingerprint density at radius 3 is 2.47 bits per heavy atom. The maximum absolute atomic E-state index is 15.4. The topological polar surface area (TPSA) is 185 Å². The van der Waals surface area contributed by atoms with Gasteiger partial charge in [-0.25, -0.2) is 35.8 Å². The van der Waals surface area contributed by atoms with Gasteiger partial charge in [-0.2, -0.15) is 0 Å². The number of carboxylic acid groups (broad SMARTS) is 1. The number of fused-ring (bicyclic) bond motifs is 3. The van der Waals surface area contributed by atoms with Crippen molar-refractivity contribution in [3.05, 3.63) is 42.4 Å². The number of carbonyl (C=O) groups excluding carboxylic acids is 3. The minimum absolute atomic E-state index is 0.00706. The second-order valence-corrected chi connectivity index (χ2v) is 19.5. The van der Waals surface area contributed by atoms with Crippen molar-refractivity contribution in [2.24, 2.45) is 17.8 Å². The number of alkyl halides is 3. The molecular weight excluding hydrogens is 815 g/mol. The summed E-state index contributed by atoms with van der Waals surface area (Å²) in [6.07, 6.45) is 2.91. The van der Waals surface area contributed by atoms with E-state index in [9.17, 15) is 32.3 Å². The minimum Gasteiger partial charge on any atom is -0.491 e. The Bertz CT molecular complexity index is 2160. The average molecular weight is 868 g/mol. The number of hydrogen-bond acceptors (Lipinski definition) is 9. The highest BCUT2D eigenvalue weighted by atomic mass is 32.2. The summed E-state index contributed by atoms with van der Waals surface area (Å²) in [4.78, 5) is 62.5. The third kappa shape index (κ3) is 8.34. The molecule has 1 aromatic heterocycles. The molecule has 0 radical (unpaired) electrons. The van der Waals surface area contributed by atoms with Crippen molar-refractivity contribution in [1.82, 2.24) is 24.8 Å². The van der Waals surface area contributed by atoms with Crippen LogP contribution in [0, 0.1) is 23.6 Å². The molecule has 0 unspecified atom stereocenters. The lowest BCUT2D eigenvalue weighted by atomic mass is 9.84. The van der Waals surface area contributed by atoms with Crippen molar-refractivity contribution in [2.45, 2.75) is 126 Å². The molecule has 3 fully saturated rings. The standard InChI is InChI=1S/C41H53F4N5O9S/c1-7-58-31-17-25-12-15-46-34(28(25)19-29(31)43)59-27-18-30-33(51)47-41(36(53)48-60(56,57)40(22-42)13-14-40)20-26(41)11-9-8-10-23(2)16-24(3)32(35(52)49(30)21-27)50(37(54)55)38(4,5)39(6,44)45/h9,11-12,15,17,19,23-24,26-27,30,32H,7-8,10,13-14,16,18,20-22H2,1-6H3,(H,47,51)(H,48,53)(H,54,55)/t23-,24-,26-,27-,30+,32+,41-/m1/s1. The van der Waals surface area contributed by atoms with Crippen molar-refractivity contribution in [2.75, 3.05) is 19.8 Å². The maximum atomic E-state index is 15.4. The van der Waals surface area contributed by atoms with Gasteiger partial charge in [0.15, 0.2) is 11.6 Å². The Kier molecular flexibility index (Phi) is 12.2. The predicted octanol–water partition coefficient (Wildman–Crippen LogP) is 5.74. The van der Waals surface area contributed by atoms with Crippen LogP contribution in [0.15, 0.2) is 36.5 Å². The Balaban J connectivity index is 1.42. The summed E-state index contributed by atoms with van der Waals surface area (Å²) in [5.74, 6) is -9.12. The van der Waals surface area contributed by atoms with Gasteiger partial charge >= 0.3 is 6.09 Å². The molecule has 6 rings (SSSR count). The molecule has 0 spiro atoms. The smallest absolute Gasteiger partial charge is 0.408 e. The number of allylic oxidation sites excluding steroid dienone is 1. The minimum atomic E-state index is -4.50. The lowest BCUT2D eigenvalue weighted by Crippen LogP contribution is -2.66. The number of amides is 4. The summed E-state index contributed by atoms with van der Waals surface area (Å²) in [7, 11) is -4.50. The highest BCUT2D eigenvalue weighted by Crippen LogP contribution is 2.48. The number of sulfonamides is 1. The van der Waals surface area contributed by atoms with Crippen molar-refractivity contribution in [1.29, 1.82) is 0 Å². The molecule has 0 bridgehead atoms. The number of hydrogen-bond donors (Lipinski definition) is 3. The zero-order valence-electron chi connectivity index (χ0n) is 34.5. The van der Waals surface area contributed by atoms with E-state index in [0.29, 0.717) is 30.1 Å². The average Bonchev–Trinajstić information content (AvgIpc) is 4.06. The van der Waals surface area contributed by atoms with E-state index in [1.807, 2.05) is 11.6 Å². The van der Waals surface area contributed by atoms with Crippen molar-refractivity contribution >= 4 is 44.6 Å². The Labute approximate surface area is 346 Å². The molecule has 3 heterocycles. The highest BCUT2D eigenvalue weighted by Gasteiger charge is 2.64. The van der Waals surface area contributed by atoms with E-state index >= 15 is 18.0 Å². The number of halogens is 4. The molecule has 1 aromatic carbocycles. The molecule has 1 saturated heterocycles. The van der Waals surface area contributed by atoms with Gasteiger partial charge in [0.05, 0.1) is 13.2 Å². The van der Waals surface area contributed by atoms with E-state index in [1.165, 1.54) is 12.3 Å².